The predicted octanol–water partition coefficient (Wildman–Crippen LogP) is 2.87. The van der Waals surface area contributed by atoms with Gasteiger partial charge in [-0.1, -0.05) is 38.8 Å². The van der Waals surface area contributed by atoms with Crippen LogP contribution in [0.25, 0.3) is 0 Å². The summed E-state index contributed by atoms with van der Waals surface area (Å²) in [5, 5.41) is 0. The maximum atomic E-state index is 12.9. The zero-order chi connectivity index (χ0) is 18.2. The van der Waals surface area contributed by atoms with Crippen LogP contribution in [-0.4, -0.2) is 31.7 Å². The Hall–Kier alpha value is -1.40. The van der Waals surface area contributed by atoms with Crippen LogP contribution < -0.4 is 5.73 Å². The van der Waals surface area contributed by atoms with Gasteiger partial charge in [0.05, 0.1) is 10.3 Å². The molecule has 0 radical (unpaired) electrons. The van der Waals surface area contributed by atoms with Crippen molar-refractivity contribution < 1.29 is 13.2 Å². The van der Waals surface area contributed by atoms with Crippen LogP contribution in [0.15, 0.2) is 29.2 Å². The molecule has 0 aromatic heterocycles. The summed E-state index contributed by atoms with van der Waals surface area (Å²) in [6, 6.07) is 7.13. The van der Waals surface area contributed by atoms with Crippen LogP contribution in [0.3, 0.4) is 0 Å². The Kier molecular flexibility index (Phi) is 4.95. The van der Waals surface area contributed by atoms with E-state index in [-0.39, 0.29) is 5.91 Å². The first-order valence-corrected chi connectivity index (χ1v) is 10.6. The van der Waals surface area contributed by atoms with Gasteiger partial charge in [0.25, 0.3) is 0 Å². The number of hydrogen-bond acceptors (Lipinski definition) is 3. The highest BCUT2D eigenvalue weighted by atomic mass is 32.2. The molecule has 1 heterocycles. The number of sulfonamides is 1. The van der Waals surface area contributed by atoms with E-state index in [0.29, 0.717) is 42.7 Å². The molecule has 2 N–H and O–H groups in total. The Bertz CT molecular complexity index is 728. The zero-order valence-electron chi connectivity index (χ0n) is 15.1. The van der Waals surface area contributed by atoms with Crippen molar-refractivity contribution in [1.29, 1.82) is 0 Å². The number of benzene rings is 1. The van der Waals surface area contributed by atoms with Crippen LogP contribution in [0.5, 0.6) is 0 Å². The molecule has 1 aliphatic heterocycles. The van der Waals surface area contributed by atoms with Crippen LogP contribution in [-0.2, 0) is 14.8 Å². The molecular formula is C19H28N2O3S. The quantitative estimate of drug-likeness (QED) is 0.843. The molecular weight excluding hydrogens is 336 g/mol. The van der Waals surface area contributed by atoms with Crippen molar-refractivity contribution in [3.05, 3.63) is 29.8 Å². The lowest BCUT2D eigenvalue weighted by molar-refractivity contribution is -0.130. The van der Waals surface area contributed by atoms with Crippen molar-refractivity contribution in [2.24, 2.45) is 17.1 Å². The van der Waals surface area contributed by atoms with Gasteiger partial charge in [0.1, 0.15) is 0 Å². The largest absolute Gasteiger partial charge is 0.369 e. The number of carbonyl (C=O) groups is 1. The van der Waals surface area contributed by atoms with E-state index in [1.54, 1.807) is 12.1 Å². The second-order valence-electron chi connectivity index (χ2n) is 7.92. The van der Waals surface area contributed by atoms with E-state index in [1.807, 2.05) is 12.1 Å². The summed E-state index contributed by atoms with van der Waals surface area (Å²) in [6.45, 7) is 4.89. The molecule has 1 aromatic rings. The summed E-state index contributed by atoms with van der Waals surface area (Å²) in [5.41, 5.74) is 6.28. The van der Waals surface area contributed by atoms with Crippen molar-refractivity contribution in [1.82, 2.24) is 4.31 Å². The molecule has 1 amide bonds. The number of rotatable bonds is 6. The van der Waals surface area contributed by atoms with Gasteiger partial charge in [-0.2, -0.15) is 4.31 Å². The summed E-state index contributed by atoms with van der Waals surface area (Å²) in [6.07, 6.45) is 4.21. The number of piperidine rings is 1. The minimum Gasteiger partial charge on any atom is -0.369 e. The number of primary amides is 1. The zero-order valence-corrected chi connectivity index (χ0v) is 15.9. The molecule has 2 fully saturated rings. The summed E-state index contributed by atoms with van der Waals surface area (Å²) < 4.78 is 27.3. The van der Waals surface area contributed by atoms with Crippen LogP contribution in [0.4, 0.5) is 0 Å². The Balaban J connectivity index is 1.73. The first kappa shape index (κ1) is 18.4. The van der Waals surface area contributed by atoms with Crippen molar-refractivity contribution >= 4 is 15.9 Å². The van der Waals surface area contributed by atoms with E-state index in [2.05, 4.69) is 13.8 Å². The number of amides is 1. The van der Waals surface area contributed by atoms with E-state index in [4.69, 9.17) is 5.73 Å². The lowest BCUT2D eigenvalue weighted by Crippen LogP contribution is -2.49. The number of carbonyl (C=O) groups excluding carboxylic acids is 1. The SMILES string of the molecule is CC(C)c1ccc(S(=O)(=O)N2CCC(CC3CC3)(C(N)=O)CC2)cc1. The van der Waals surface area contributed by atoms with Crippen LogP contribution in [0, 0.1) is 11.3 Å². The minimum absolute atomic E-state index is 0.266. The monoisotopic (exact) mass is 364 g/mol. The third kappa shape index (κ3) is 3.75. The van der Waals surface area contributed by atoms with Gasteiger partial charge in [-0.25, -0.2) is 8.42 Å². The predicted molar refractivity (Wildman–Crippen MR) is 97.5 cm³/mol. The summed E-state index contributed by atoms with van der Waals surface area (Å²) in [4.78, 5) is 12.3. The summed E-state index contributed by atoms with van der Waals surface area (Å²) >= 11 is 0. The maximum absolute atomic E-state index is 12.9. The third-order valence-corrected chi connectivity index (χ3v) is 7.68. The molecule has 1 aliphatic carbocycles. The topological polar surface area (TPSA) is 80.5 Å². The molecule has 6 heteroatoms. The van der Waals surface area contributed by atoms with E-state index in [0.717, 1.165) is 12.0 Å². The van der Waals surface area contributed by atoms with Crippen molar-refractivity contribution in [2.75, 3.05) is 13.1 Å². The van der Waals surface area contributed by atoms with Gasteiger partial charge < -0.3 is 5.73 Å². The molecule has 138 valence electrons. The molecule has 1 saturated heterocycles. The van der Waals surface area contributed by atoms with Crippen LogP contribution >= 0.6 is 0 Å². The first-order chi connectivity index (χ1) is 11.7. The Morgan fingerprint density at radius 2 is 1.76 bits per heavy atom. The highest BCUT2D eigenvalue weighted by Crippen LogP contribution is 2.46. The molecule has 2 aliphatic rings. The third-order valence-electron chi connectivity index (χ3n) is 5.76. The second-order valence-corrected chi connectivity index (χ2v) is 9.86. The molecule has 1 aromatic carbocycles. The number of nitrogens with two attached hydrogens (primary N) is 1. The van der Waals surface area contributed by atoms with Gasteiger partial charge in [0.2, 0.25) is 15.9 Å². The normalized spacial score (nSPS) is 21.4. The van der Waals surface area contributed by atoms with Crippen molar-refractivity contribution in [3.63, 3.8) is 0 Å². The lowest BCUT2D eigenvalue weighted by Gasteiger charge is -2.39. The van der Waals surface area contributed by atoms with Crippen molar-refractivity contribution in [3.8, 4) is 0 Å². The Labute approximate surface area is 150 Å². The average molecular weight is 365 g/mol. The van der Waals surface area contributed by atoms with Gasteiger partial charge in [-0.3, -0.25) is 4.79 Å². The van der Waals surface area contributed by atoms with E-state index < -0.39 is 15.4 Å². The second kappa shape index (κ2) is 6.72. The number of hydrogen-bond donors (Lipinski definition) is 1. The molecule has 0 atom stereocenters. The first-order valence-electron chi connectivity index (χ1n) is 9.15. The summed E-state index contributed by atoms with van der Waals surface area (Å²) in [5.74, 6) is 0.697. The smallest absolute Gasteiger partial charge is 0.243 e. The van der Waals surface area contributed by atoms with Crippen LogP contribution in [0.1, 0.15) is 57.4 Å². The van der Waals surface area contributed by atoms with Gasteiger partial charge in [0, 0.05) is 13.1 Å². The molecule has 25 heavy (non-hydrogen) atoms. The van der Waals surface area contributed by atoms with Gasteiger partial charge in [-0.15, -0.1) is 0 Å². The Morgan fingerprint density at radius 1 is 1.20 bits per heavy atom. The molecule has 5 nitrogen and oxygen atoms in total. The van der Waals surface area contributed by atoms with E-state index in [9.17, 15) is 13.2 Å². The van der Waals surface area contributed by atoms with Crippen molar-refractivity contribution in [2.45, 2.75) is 56.8 Å². The number of nitrogens with zero attached hydrogens (tertiary/aromatic N) is 1. The molecule has 0 spiro atoms. The standard InChI is InChI=1S/C19H28N2O3S/c1-14(2)16-5-7-17(8-6-16)25(23,24)21-11-9-19(10-12-21,18(20)22)13-15-3-4-15/h5-8,14-15H,3-4,9-13H2,1-2H3,(H2,20,22). The highest BCUT2D eigenvalue weighted by Gasteiger charge is 2.45. The lowest BCUT2D eigenvalue weighted by atomic mass is 9.74. The Morgan fingerprint density at radius 3 is 2.20 bits per heavy atom. The van der Waals surface area contributed by atoms with E-state index >= 15 is 0 Å². The fraction of sp³-hybridized carbons (Fsp3) is 0.632. The van der Waals surface area contributed by atoms with Gasteiger partial charge in [-0.05, 0) is 48.8 Å². The summed E-state index contributed by atoms with van der Waals surface area (Å²) in [7, 11) is -3.51. The average Bonchev–Trinajstić information content (AvgIpc) is 3.39. The molecule has 0 bridgehead atoms. The van der Waals surface area contributed by atoms with E-state index in [1.165, 1.54) is 17.1 Å². The molecule has 0 unspecified atom stereocenters. The van der Waals surface area contributed by atoms with Gasteiger partial charge in [0.15, 0.2) is 0 Å². The maximum Gasteiger partial charge on any atom is 0.243 e. The minimum atomic E-state index is -3.51. The van der Waals surface area contributed by atoms with Gasteiger partial charge >= 0.3 is 0 Å². The fourth-order valence-corrected chi connectivity index (χ4v) is 5.20. The van der Waals surface area contributed by atoms with Crippen LogP contribution in [0.2, 0.25) is 0 Å². The molecule has 3 rings (SSSR count). The fourth-order valence-electron chi connectivity index (χ4n) is 3.75. The highest BCUT2D eigenvalue weighted by molar-refractivity contribution is 7.89. The molecule has 1 saturated carbocycles.